The first-order valence-corrected chi connectivity index (χ1v) is 8.48. The Morgan fingerprint density at radius 3 is 2.60 bits per heavy atom. The van der Waals surface area contributed by atoms with Gasteiger partial charge in [-0.25, -0.2) is 0 Å². The van der Waals surface area contributed by atoms with Crippen LogP contribution in [0.15, 0.2) is 71.3 Å². The number of hydrogen-bond acceptors (Lipinski definition) is 3. The van der Waals surface area contributed by atoms with Crippen LogP contribution in [0.25, 0.3) is 0 Å². The molecule has 2 aromatic carbocycles. The minimum absolute atomic E-state index is 0.252. The molecule has 3 rings (SSSR count). The summed E-state index contributed by atoms with van der Waals surface area (Å²) in [6.45, 7) is 1.58. The van der Waals surface area contributed by atoms with Crippen molar-refractivity contribution in [1.82, 2.24) is 5.32 Å². The summed E-state index contributed by atoms with van der Waals surface area (Å²) in [5, 5.41) is 6.67. The molecule has 2 N–H and O–H groups in total. The zero-order chi connectivity index (χ0) is 17.5. The van der Waals surface area contributed by atoms with E-state index in [1.54, 1.807) is 18.2 Å². The van der Waals surface area contributed by atoms with Gasteiger partial charge in [0, 0.05) is 6.54 Å². The molecule has 0 spiro atoms. The van der Waals surface area contributed by atoms with Crippen LogP contribution in [0.2, 0.25) is 5.02 Å². The second-order valence-electron chi connectivity index (χ2n) is 5.66. The summed E-state index contributed by atoms with van der Waals surface area (Å²) >= 11 is 6.18. The highest BCUT2D eigenvalue weighted by atomic mass is 35.5. The molecule has 0 aliphatic carbocycles. The monoisotopic (exact) mass is 354 g/mol. The van der Waals surface area contributed by atoms with Crippen LogP contribution in [0.4, 0.5) is 5.69 Å². The van der Waals surface area contributed by atoms with Crippen molar-refractivity contribution in [2.75, 3.05) is 11.9 Å². The van der Waals surface area contributed by atoms with E-state index in [-0.39, 0.29) is 11.7 Å². The van der Waals surface area contributed by atoms with Crippen molar-refractivity contribution < 1.29 is 9.21 Å². The van der Waals surface area contributed by atoms with Gasteiger partial charge in [0.05, 0.1) is 17.0 Å². The van der Waals surface area contributed by atoms with E-state index in [0.29, 0.717) is 17.3 Å². The molecule has 5 heteroatoms. The van der Waals surface area contributed by atoms with Gasteiger partial charge in [-0.1, -0.05) is 48.0 Å². The van der Waals surface area contributed by atoms with Crippen LogP contribution in [0.1, 0.15) is 21.7 Å². The zero-order valence-electron chi connectivity index (χ0n) is 13.7. The van der Waals surface area contributed by atoms with Crippen molar-refractivity contribution in [3.63, 3.8) is 0 Å². The Hall–Kier alpha value is -2.56. The van der Waals surface area contributed by atoms with Crippen LogP contribution in [-0.2, 0) is 13.0 Å². The Bertz CT molecular complexity index is 817. The second-order valence-corrected chi connectivity index (χ2v) is 6.07. The van der Waals surface area contributed by atoms with Gasteiger partial charge in [-0.15, -0.1) is 0 Å². The summed E-state index contributed by atoms with van der Waals surface area (Å²) in [5.74, 6) is -0.0662. The average Bonchev–Trinajstić information content (AvgIpc) is 3.17. The molecule has 1 aromatic heterocycles. The van der Waals surface area contributed by atoms with Crippen LogP contribution in [0.3, 0.4) is 0 Å². The number of halogens is 1. The van der Waals surface area contributed by atoms with Crippen molar-refractivity contribution in [3.05, 3.63) is 88.8 Å². The number of carbonyl (C=O) groups is 1. The maximum atomic E-state index is 12.1. The highest BCUT2D eigenvalue weighted by molar-refractivity contribution is 6.33. The number of hydrogen-bond donors (Lipinski definition) is 2. The van der Waals surface area contributed by atoms with Crippen LogP contribution < -0.4 is 10.6 Å². The van der Waals surface area contributed by atoms with Crippen LogP contribution in [0.5, 0.6) is 0 Å². The van der Waals surface area contributed by atoms with Gasteiger partial charge in [0.15, 0.2) is 5.76 Å². The minimum Gasteiger partial charge on any atom is -0.459 e. The quantitative estimate of drug-likeness (QED) is 0.613. The number of nitrogens with one attached hydrogen (secondary N) is 2. The van der Waals surface area contributed by atoms with Crippen LogP contribution >= 0.6 is 11.6 Å². The summed E-state index contributed by atoms with van der Waals surface area (Å²) in [7, 11) is 0. The van der Waals surface area contributed by atoms with E-state index in [9.17, 15) is 4.79 Å². The summed E-state index contributed by atoms with van der Waals surface area (Å²) in [4.78, 5) is 12.1. The van der Waals surface area contributed by atoms with Crippen LogP contribution in [0, 0.1) is 0 Å². The Labute approximate surface area is 151 Å². The Morgan fingerprint density at radius 2 is 1.84 bits per heavy atom. The first-order valence-electron chi connectivity index (χ1n) is 8.10. The molecular formula is C20H19ClN2O2. The molecule has 0 saturated carbocycles. The zero-order valence-corrected chi connectivity index (χ0v) is 14.4. The third-order valence-electron chi connectivity index (χ3n) is 3.79. The molecule has 0 aliphatic rings. The molecule has 0 unspecified atom stereocenters. The van der Waals surface area contributed by atoms with Gasteiger partial charge in [-0.3, -0.25) is 4.79 Å². The number of rotatable bonds is 7. The summed E-state index contributed by atoms with van der Waals surface area (Å²) < 4.78 is 5.09. The predicted molar refractivity (Wildman–Crippen MR) is 100.0 cm³/mol. The third-order valence-corrected chi connectivity index (χ3v) is 4.12. The molecule has 3 aromatic rings. The fraction of sp³-hybridized carbons (Fsp3) is 0.150. The number of furan rings is 1. The first-order chi connectivity index (χ1) is 12.2. The standard InChI is InChI=1S/C20H19ClN2O2/c21-17-9-8-16(14-22-11-10-15-5-2-1-3-6-15)13-18(17)23-20(24)19-7-4-12-25-19/h1-9,12-13,22H,10-11,14H2,(H,23,24). The molecule has 128 valence electrons. The topological polar surface area (TPSA) is 54.3 Å². The lowest BCUT2D eigenvalue weighted by Gasteiger charge is -2.10. The molecular weight excluding hydrogens is 336 g/mol. The van der Waals surface area contributed by atoms with Gasteiger partial charge in [0.25, 0.3) is 5.91 Å². The van der Waals surface area contributed by atoms with E-state index in [2.05, 4.69) is 22.8 Å². The van der Waals surface area contributed by atoms with E-state index in [1.165, 1.54) is 11.8 Å². The molecule has 0 fully saturated rings. The third kappa shape index (κ3) is 4.95. The molecule has 0 bridgehead atoms. The summed E-state index contributed by atoms with van der Waals surface area (Å²) in [6.07, 6.45) is 2.43. The number of amides is 1. The van der Waals surface area contributed by atoms with Crippen molar-refractivity contribution in [3.8, 4) is 0 Å². The lowest BCUT2D eigenvalue weighted by molar-refractivity contribution is 0.0996. The van der Waals surface area contributed by atoms with E-state index >= 15 is 0 Å². The van der Waals surface area contributed by atoms with E-state index in [4.69, 9.17) is 16.0 Å². The van der Waals surface area contributed by atoms with Gasteiger partial charge in [-0.05, 0) is 48.4 Å². The highest BCUT2D eigenvalue weighted by Crippen LogP contribution is 2.23. The van der Waals surface area contributed by atoms with Crippen molar-refractivity contribution in [2.24, 2.45) is 0 Å². The van der Waals surface area contributed by atoms with Crippen molar-refractivity contribution in [1.29, 1.82) is 0 Å². The van der Waals surface area contributed by atoms with Crippen LogP contribution in [-0.4, -0.2) is 12.5 Å². The second kappa shape index (κ2) is 8.51. The normalized spacial score (nSPS) is 10.6. The number of anilines is 1. The van der Waals surface area contributed by atoms with E-state index in [1.807, 2.05) is 30.3 Å². The van der Waals surface area contributed by atoms with Crippen molar-refractivity contribution >= 4 is 23.2 Å². The number of carbonyl (C=O) groups excluding carboxylic acids is 1. The molecule has 1 amide bonds. The van der Waals surface area contributed by atoms with Gasteiger partial charge in [0.1, 0.15) is 0 Å². The summed E-state index contributed by atoms with van der Waals surface area (Å²) in [6, 6.07) is 19.2. The molecule has 1 heterocycles. The van der Waals surface area contributed by atoms with Gasteiger partial charge < -0.3 is 15.1 Å². The smallest absolute Gasteiger partial charge is 0.291 e. The largest absolute Gasteiger partial charge is 0.459 e. The average molecular weight is 355 g/mol. The highest BCUT2D eigenvalue weighted by Gasteiger charge is 2.11. The lowest BCUT2D eigenvalue weighted by atomic mass is 10.1. The van der Waals surface area contributed by atoms with Gasteiger partial charge >= 0.3 is 0 Å². The minimum atomic E-state index is -0.318. The fourth-order valence-corrected chi connectivity index (χ4v) is 2.64. The molecule has 0 radical (unpaired) electrons. The van der Waals surface area contributed by atoms with Crippen molar-refractivity contribution in [2.45, 2.75) is 13.0 Å². The first kappa shape index (κ1) is 17.3. The van der Waals surface area contributed by atoms with E-state index in [0.717, 1.165) is 18.5 Å². The molecule has 0 saturated heterocycles. The molecule has 4 nitrogen and oxygen atoms in total. The van der Waals surface area contributed by atoms with E-state index < -0.39 is 0 Å². The Balaban J connectivity index is 1.55. The summed E-state index contributed by atoms with van der Waals surface area (Å²) in [5.41, 5.74) is 2.93. The Kier molecular flexibility index (Phi) is 5.88. The van der Waals surface area contributed by atoms with Gasteiger partial charge in [-0.2, -0.15) is 0 Å². The molecule has 25 heavy (non-hydrogen) atoms. The molecule has 0 atom stereocenters. The molecule has 0 aliphatic heterocycles. The Morgan fingerprint density at radius 1 is 1.00 bits per heavy atom. The fourth-order valence-electron chi connectivity index (χ4n) is 2.48. The predicted octanol–water partition coefficient (Wildman–Crippen LogP) is 4.52. The van der Waals surface area contributed by atoms with Gasteiger partial charge in [0.2, 0.25) is 0 Å². The lowest BCUT2D eigenvalue weighted by Crippen LogP contribution is -2.17. The SMILES string of the molecule is O=C(Nc1cc(CNCCc2ccccc2)ccc1Cl)c1ccco1. The maximum Gasteiger partial charge on any atom is 0.291 e. The maximum absolute atomic E-state index is 12.1. The number of benzene rings is 2.